The van der Waals surface area contributed by atoms with E-state index in [1.807, 2.05) is 0 Å². The van der Waals surface area contributed by atoms with Crippen LogP contribution in [0.5, 0.6) is 0 Å². The van der Waals surface area contributed by atoms with E-state index in [1.165, 1.54) is 29.3 Å². The first-order chi connectivity index (χ1) is 7.86. The van der Waals surface area contributed by atoms with E-state index in [-0.39, 0.29) is 0 Å². The van der Waals surface area contributed by atoms with Crippen LogP contribution in [0.25, 0.3) is 10.9 Å². The Labute approximate surface area is 104 Å². The van der Waals surface area contributed by atoms with E-state index < -0.39 is 0 Å². The van der Waals surface area contributed by atoms with Crippen LogP contribution >= 0.6 is 16.1 Å². The van der Waals surface area contributed by atoms with Gasteiger partial charge in [0.25, 0.3) is 0 Å². The summed E-state index contributed by atoms with van der Waals surface area (Å²) in [6, 6.07) is 8.60. The van der Waals surface area contributed by atoms with Crippen molar-refractivity contribution in [1.82, 2.24) is 8.91 Å². The number of halogens is 1. The minimum Gasteiger partial charge on any atom is -0.317 e. The third-order valence-electron chi connectivity index (χ3n) is 3.48. The van der Waals surface area contributed by atoms with Crippen LogP contribution < -0.4 is 5.32 Å². The third-order valence-corrected chi connectivity index (χ3v) is 4.06. The molecule has 1 aromatic carbocycles. The lowest BCUT2D eigenvalue weighted by Gasteiger charge is -2.22. The lowest BCUT2D eigenvalue weighted by molar-refractivity contribution is 0.462. The molecule has 1 fully saturated rings. The van der Waals surface area contributed by atoms with Gasteiger partial charge in [0.15, 0.2) is 0 Å². The van der Waals surface area contributed by atoms with Gasteiger partial charge in [-0.2, -0.15) is 0 Å². The van der Waals surface area contributed by atoms with Gasteiger partial charge in [0.1, 0.15) is 0 Å². The Kier molecular flexibility index (Phi) is 2.74. The number of rotatable bonds is 1. The molecule has 1 aliphatic rings. The number of aromatic nitrogens is 1. The van der Waals surface area contributed by atoms with E-state index in [4.69, 9.17) is 0 Å². The number of nitrogens with zero attached hydrogens (tertiary/aromatic N) is 1. The van der Waals surface area contributed by atoms with Crippen molar-refractivity contribution >= 4 is 27.1 Å². The maximum absolute atomic E-state index is 3.59. The highest BCUT2D eigenvalue weighted by Crippen LogP contribution is 2.33. The fraction of sp³-hybridized carbons (Fsp3) is 0.385. The normalized spacial score (nSPS) is 18.1. The predicted octanol–water partition coefficient (Wildman–Crippen LogP) is 3.27. The minimum absolute atomic E-state index is 0.713. The molecule has 2 heterocycles. The molecule has 0 atom stereocenters. The monoisotopic (exact) mass is 278 g/mol. The van der Waals surface area contributed by atoms with Crippen LogP contribution in [0.4, 0.5) is 0 Å². The number of fused-ring (bicyclic) bond motifs is 1. The summed E-state index contributed by atoms with van der Waals surface area (Å²) in [6.45, 7) is 2.29. The van der Waals surface area contributed by atoms with Crippen LogP contribution in [0.3, 0.4) is 0 Å². The zero-order valence-electron chi connectivity index (χ0n) is 9.12. The van der Waals surface area contributed by atoms with Gasteiger partial charge in [-0.05, 0) is 43.5 Å². The lowest BCUT2D eigenvalue weighted by Crippen LogP contribution is -2.26. The van der Waals surface area contributed by atoms with Crippen molar-refractivity contribution in [3.05, 3.63) is 36.0 Å². The summed E-state index contributed by atoms with van der Waals surface area (Å²) < 4.78 is 2.07. The van der Waals surface area contributed by atoms with Gasteiger partial charge in [0.2, 0.25) is 0 Å². The van der Waals surface area contributed by atoms with Gasteiger partial charge in [0, 0.05) is 11.6 Å². The molecule has 2 nitrogen and oxygen atoms in total. The zero-order valence-corrected chi connectivity index (χ0v) is 10.7. The van der Waals surface area contributed by atoms with Gasteiger partial charge in [-0.1, -0.05) is 18.2 Å². The summed E-state index contributed by atoms with van der Waals surface area (Å²) in [5.41, 5.74) is 2.77. The number of nitrogens with one attached hydrogen (secondary N) is 1. The van der Waals surface area contributed by atoms with Gasteiger partial charge in [-0.15, -0.1) is 0 Å². The number of benzene rings is 1. The molecule has 1 aromatic heterocycles. The first-order valence-electron chi connectivity index (χ1n) is 5.83. The second-order valence-corrected chi connectivity index (χ2v) is 5.20. The number of para-hydroxylation sites is 1. The number of hydrogen-bond acceptors (Lipinski definition) is 1. The fourth-order valence-corrected chi connectivity index (χ4v) is 3.15. The minimum atomic E-state index is 0.713. The molecule has 1 saturated heterocycles. The highest BCUT2D eigenvalue weighted by molar-refractivity contribution is 9.08. The first-order valence-corrected chi connectivity index (χ1v) is 6.54. The van der Waals surface area contributed by atoms with Gasteiger partial charge < -0.3 is 5.32 Å². The maximum atomic E-state index is 3.59. The molecule has 3 rings (SSSR count). The van der Waals surface area contributed by atoms with Crippen molar-refractivity contribution in [2.75, 3.05) is 13.1 Å². The van der Waals surface area contributed by atoms with E-state index in [2.05, 4.69) is 55.5 Å². The second-order valence-electron chi connectivity index (χ2n) is 4.44. The molecule has 0 aliphatic carbocycles. The summed E-state index contributed by atoms with van der Waals surface area (Å²) in [5.74, 6) is 0.713. The Bertz CT molecular complexity index is 498. The van der Waals surface area contributed by atoms with E-state index in [1.54, 1.807) is 0 Å². The molecule has 0 unspecified atom stereocenters. The summed E-state index contributed by atoms with van der Waals surface area (Å²) in [4.78, 5) is 0. The number of piperidine rings is 1. The molecule has 1 N–H and O–H groups in total. The quantitative estimate of drug-likeness (QED) is 0.847. The molecular weight excluding hydrogens is 264 g/mol. The Hall–Kier alpha value is -0.800. The average molecular weight is 279 g/mol. The van der Waals surface area contributed by atoms with Crippen molar-refractivity contribution in [3.63, 3.8) is 0 Å². The lowest BCUT2D eigenvalue weighted by atomic mass is 9.90. The van der Waals surface area contributed by atoms with E-state index in [0.29, 0.717) is 5.92 Å². The summed E-state index contributed by atoms with van der Waals surface area (Å²) in [5, 5.41) is 4.82. The van der Waals surface area contributed by atoms with E-state index in [9.17, 15) is 0 Å². The standard InChI is InChI=1S/C13H15BrN2/c14-16-9-12(10-5-7-15-8-6-10)11-3-1-2-4-13(11)16/h1-4,9-10,15H,5-8H2. The summed E-state index contributed by atoms with van der Waals surface area (Å²) in [7, 11) is 0. The molecule has 0 amide bonds. The first kappa shape index (κ1) is 10.4. The molecule has 0 bridgehead atoms. The predicted molar refractivity (Wildman–Crippen MR) is 71.1 cm³/mol. The Morgan fingerprint density at radius 2 is 1.94 bits per heavy atom. The van der Waals surface area contributed by atoms with E-state index >= 15 is 0 Å². The molecule has 1 aliphatic heterocycles. The van der Waals surface area contributed by atoms with Crippen LogP contribution in [0, 0.1) is 0 Å². The molecule has 84 valence electrons. The highest BCUT2D eigenvalue weighted by atomic mass is 79.9. The Balaban J connectivity index is 2.08. The van der Waals surface area contributed by atoms with Crippen molar-refractivity contribution < 1.29 is 0 Å². The fourth-order valence-electron chi connectivity index (χ4n) is 2.62. The summed E-state index contributed by atoms with van der Waals surface area (Å²) in [6.07, 6.45) is 4.74. The van der Waals surface area contributed by atoms with Crippen LogP contribution in [0.15, 0.2) is 30.5 Å². The number of hydrogen-bond donors (Lipinski definition) is 1. The Morgan fingerprint density at radius 1 is 1.19 bits per heavy atom. The highest BCUT2D eigenvalue weighted by Gasteiger charge is 2.19. The van der Waals surface area contributed by atoms with Crippen molar-refractivity contribution in [3.8, 4) is 0 Å². The Morgan fingerprint density at radius 3 is 2.75 bits per heavy atom. The largest absolute Gasteiger partial charge is 0.317 e. The molecule has 16 heavy (non-hydrogen) atoms. The van der Waals surface area contributed by atoms with Gasteiger partial charge >= 0.3 is 0 Å². The van der Waals surface area contributed by atoms with Gasteiger partial charge in [0.05, 0.1) is 21.7 Å². The smallest absolute Gasteiger partial charge is 0.0594 e. The maximum Gasteiger partial charge on any atom is 0.0594 e. The SMILES string of the molecule is Brn1cc(C2CCNCC2)c2ccccc21. The topological polar surface area (TPSA) is 17.0 Å². The average Bonchev–Trinajstić information content (AvgIpc) is 2.69. The second kappa shape index (κ2) is 4.22. The molecule has 0 saturated carbocycles. The molecule has 3 heteroatoms. The zero-order chi connectivity index (χ0) is 11.0. The van der Waals surface area contributed by atoms with Crippen molar-refractivity contribution in [2.45, 2.75) is 18.8 Å². The summed E-state index contributed by atoms with van der Waals surface area (Å²) >= 11 is 3.59. The molecular formula is C13H15BrN2. The van der Waals surface area contributed by atoms with Crippen LogP contribution in [0.1, 0.15) is 24.3 Å². The van der Waals surface area contributed by atoms with Crippen LogP contribution in [-0.4, -0.2) is 16.7 Å². The molecule has 0 radical (unpaired) electrons. The van der Waals surface area contributed by atoms with Crippen molar-refractivity contribution in [2.24, 2.45) is 0 Å². The van der Waals surface area contributed by atoms with E-state index in [0.717, 1.165) is 13.1 Å². The molecule has 0 spiro atoms. The van der Waals surface area contributed by atoms with Gasteiger partial charge in [-0.25, -0.2) is 0 Å². The third kappa shape index (κ3) is 1.68. The molecule has 2 aromatic rings. The van der Waals surface area contributed by atoms with Gasteiger partial charge in [-0.3, -0.25) is 3.59 Å². The van der Waals surface area contributed by atoms with Crippen molar-refractivity contribution in [1.29, 1.82) is 0 Å². The van der Waals surface area contributed by atoms with Crippen LogP contribution in [-0.2, 0) is 0 Å². The van der Waals surface area contributed by atoms with Crippen LogP contribution in [0.2, 0.25) is 0 Å².